The van der Waals surface area contributed by atoms with Gasteiger partial charge in [0.05, 0.1) is 12.6 Å². The first kappa shape index (κ1) is 17.2. The van der Waals surface area contributed by atoms with E-state index in [1.54, 1.807) is 11.4 Å². The molecule has 1 aromatic carbocycles. The van der Waals surface area contributed by atoms with Crippen LogP contribution in [0, 0.1) is 0 Å². The van der Waals surface area contributed by atoms with Gasteiger partial charge in [0.2, 0.25) is 0 Å². The number of amides is 3. The molecule has 0 bridgehead atoms. The molecule has 2 saturated heterocycles. The number of carbonyl (C=O) groups is 2. The van der Waals surface area contributed by atoms with Crippen LogP contribution in [-0.2, 0) is 21.4 Å². The lowest BCUT2D eigenvalue weighted by atomic mass is 10.1. The normalized spacial score (nSPS) is 23.8. The van der Waals surface area contributed by atoms with E-state index in [1.807, 2.05) is 30.3 Å². The lowest BCUT2D eigenvalue weighted by Crippen LogP contribution is -2.64. The number of benzene rings is 1. The number of nitrogens with zero attached hydrogens (tertiary/aromatic N) is 2. The lowest BCUT2D eigenvalue weighted by molar-refractivity contribution is -0.134. The van der Waals surface area contributed by atoms with E-state index in [0.29, 0.717) is 6.42 Å². The van der Waals surface area contributed by atoms with E-state index in [9.17, 15) is 18.0 Å². The number of hydrogen-bond donors (Lipinski definition) is 1. The molecule has 4 rings (SSSR count). The number of nitrogens with one attached hydrogen (secondary N) is 1. The van der Waals surface area contributed by atoms with Gasteiger partial charge in [0.25, 0.3) is 15.9 Å². The largest absolute Gasteiger partial charge is 0.333 e. The minimum absolute atomic E-state index is 0.113. The molecule has 2 aromatic rings. The second-order valence-corrected chi connectivity index (χ2v) is 9.31. The van der Waals surface area contributed by atoms with Gasteiger partial charge >= 0.3 is 6.03 Å². The fourth-order valence-electron chi connectivity index (χ4n) is 3.42. The first-order chi connectivity index (χ1) is 12.5. The van der Waals surface area contributed by atoms with Gasteiger partial charge in [-0.2, -0.15) is 4.31 Å². The Balaban J connectivity index is 1.63. The van der Waals surface area contributed by atoms with E-state index in [1.165, 1.54) is 10.4 Å². The number of urea groups is 1. The van der Waals surface area contributed by atoms with E-state index in [2.05, 4.69) is 5.32 Å². The van der Waals surface area contributed by atoms with Gasteiger partial charge in [-0.25, -0.2) is 13.2 Å². The van der Waals surface area contributed by atoms with Crippen LogP contribution in [0.4, 0.5) is 4.79 Å². The minimum atomic E-state index is -3.76. The van der Waals surface area contributed by atoms with Crippen molar-refractivity contribution in [2.75, 3.05) is 6.54 Å². The molecule has 136 valence electrons. The molecule has 0 aliphatic carbocycles. The maximum Gasteiger partial charge on any atom is 0.324 e. The molecule has 2 aliphatic rings. The second-order valence-electron chi connectivity index (χ2n) is 6.25. The smallest absolute Gasteiger partial charge is 0.324 e. The summed E-state index contributed by atoms with van der Waals surface area (Å²) < 4.78 is 27.2. The summed E-state index contributed by atoms with van der Waals surface area (Å²) in [5, 5.41) is 4.48. The zero-order valence-corrected chi connectivity index (χ0v) is 15.4. The van der Waals surface area contributed by atoms with Crippen molar-refractivity contribution in [3.05, 3.63) is 53.4 Å². The highest BCUT2D eigenvalue weighted by Crippen LogP contribution is 2.32. The summed E-state index contributed by atoms with van der Waals surface area (Å²) in [6.07, 6.45) is 0.423. The van der Waals surface area contributed by atoms with Crippen LogP contribution in [0.15, 0.2) is 52.1 Å². The Morgan fingerprint density at radius 1 is 1.12 bits per heavy atom. The molecule has 1 aromatic heterocycles. The van der Waals surface area contributed by atoms with Crippen molar-refractivity contribution in [1.29, 1.82) is 0 Å². The van der Waals surface area contributed by atoms with E-state index >= 15 is 0 Å². The third kappa shape index (κ3) is 2.81. The average Bonchev–Trinajstić information content (AvgIpc) is 3.29. The first-order valence-corrected chi connectivity index (χ1v) is 10.5. The summed E-state index contributed by atoms with van der Waals surface area (Å²) >= 11 is 1.12. The van der Waals surface area contributed by atoms with Crippen LogP contribution in [0.3, 0.4) is 0 Å². The predicted molar refractivity (Wildman–Crippen MR) is 95.9 cm³/mol. The van der Waals surface area contributed by atoms with Crippen molar-refractivity contribution in [3.63, 3.8) is 0 Å². The summed E-state index contributed by atoms with van der Waals surface area (Å²) in [6, 6.07) is 10.5. The number of fused-ring (bicyclic) bond motifs is 1. The number of thiophene rings is 1. The Morgan fingerprint density at radius 3 is 2.58 bits per heavy atom. The van der Waals surface area contributed by atoms with Crippen LogP contribution in [0.5, 0.6) is 0 Å². The highest BCUT2D eigenvalue weighted by Gasteiger charge is 2.52. The van der Waals surface area contributed by atoms with Crippen LogP contribution in [0.2, 0.25) is 0 Å². The van der Waals surface area contributed by atoms with Crippen molar-refractivity contribution in [1.82, 2.24) is 14.5 Å². The number of imide groups is 1. The monoisotopic (exact) mass is 391 g/mol. The Morgan fingerprint density at radius 2 is 1.88 bits per heavy atom. The quantitative estimate of drug-likeness (QED) is 0.858. The molecule has 2 aliphatic heterocycles. The fraction of sp³-hybridized carbons (Fsp3) is 0.294. The minimum Gasteiger partial charge on any atom is -0.333 e. The number of carbonyl (C=O) groups excluding carboxylic acids is 2. The summed E-state index contributed by atoms with van der Waals surface area (Å²) in [5.41, 5.74) is 0.806. The Labute approximate surface area is 155 Å². The molecule has 0 spiro atoms. The van der Waals surface area contributed by atoms with Gasteiger partial charge in [-0.15, -0.1) is 11.3 Å². The summed E-state index contributed by atoms with van der Waals surface area (Å²) in [4.78, 5) is 26.5. The highest BCUT2D eigenvalue weighted by molar-refractivity contribution is 7.91. The van der Waals surface area contributed by atoms with Crippen molar-refractivity contribution in [3.8, 4) is 0 Å². The molecule has 3 amide bonds. The Kier molecular flexibility index (Phi) is 4.29. The van der Waals surface area contributed by atoms with E-state index in [4.69, 9.17) is 0 Å². The standard InChI is InChI=1S/C17H17N3O4S2/c21-16-15-13(8-9-20(15)26(23,24)14-7-4-10-25-14)18-17(22)19(16)11-12-5-2-1-3-6-12/h1-7,10,13,15H,8-9,11H2,(H,18,22)/t13-,15+/m1/s1. The molecular formula is C17H17N3O4S2. The third-order valence-corrected chi connectivity index (χ3v) is 7.92. The molecule has 1 N–H and O–H groups in total. The molecule has 26 heavy (non-hydrogen) atoms. The fourth-order valence-corrected chi connectivity index (χ4v) is 6.17. The van der Waals surface area contributed by atoms with Crippen LogP contribution in [-0.4, -0.2) is 48.2 Å². The van der Waals surface area contributed by atoms with Gasteiger partial charge < -0.3 is 5.32 Å². The van der Waals surface area contributed by atoms with E-state index in [0.717, 1.165) is 21.8 Å². The molecule has 0 unspecified atom stereocenters. The van der Waals surface area contributed by atoms with Gasteiger partial charge in [-0.05, 0) is 23.4 Å². The molecule has 3 heterocycles. The second kappa shape index (κ2) is 6.49. The van der Waals surface area contributed by atoms with Gasteiger partial charge in [0.1, 0.15) is 10.3 Å². The molecule has 2 atom stereocenters. The number of hydrogen-bond acceptors (Lipinski definition) is 5. The van der Waals surface area contributed by atoms with E-state index in [-0.39, 0.29) is 17.3 Å². The zero-order valence-electron chi connectivity index (χ0n) is 13.7. The van der Waals surface area contributed by atoms with Crippen molar-refractivity contribution < 1.29 is 18.0 Å². The first-order valence-electron chi connectivity index (χ1n) is 8.19. The van der Waals surface area contributed by atoms with E-state index < -0.39 is 34.0 Å². The van der Waals surface area contributed by atoms with Gasteiger partial charge in [0.15, 0.2) is 0 Å². The molecular weight excluding hydrogens is 374 g/mol. The number of sulfonamides is 1. The Hall–Kier alpha value is -2.23. The molecule has 9 heteroatoms. The topological polar surface area (TPSA) is 86.8 Å². The number of rotatable bonds is 4. The molecule has 2 fully saturated rings. The maximum atomic E-state index is 13.0. The highest BCUT2D eigenvalue weighted by atomic mass is 32.2. The van der Waals surface area contributed by atoms with Gasteiger partial charge in [0, 0.05) is 6.54 Å². The maximum absolute atomic E-state index is 13.0. The van der Waals surface area contributed by atoms with Crippen LogP contribution in [0.1, 0.15) is 12.0 Å². The summed E-state index contributed by atoms with van der Waals surface area (Å²) in [5.74, 6) is -0.472. The summed E-state index contributed by atoms with van der Waals surface area (Å²) in [7, 11) is -3.76. The Bertz CT molecular complexity index is 928. The van der Waals surface area contributed by atoms with Gasteiger partial charge in [-0.1, -0.05) is 36.4 Å². The van der Waals surface area contributed by atoms with Crippen LogP contribution in [0.25, 0.3) is 0 Å². The molecule has 0 saturated carbocycles. The van der Waals surface area contributed by atoms with Crippen LogP contribution < -0.4 is 5.32 Å². The lowest BCUT2D eigenvalue weighted by Gasteiger charge is -2.36. The van der Waals surface area contributed by atoms with Gasteiger partial charge in [-0.3, -0.25) is 9.69 Å². The SMILES string of the molecule is O=C1N[C@@H]2CCN(S(=O)(=O)c3cccs3)[C@@H]2C(=O)N1Cc1ccccc1. The van der Waals surface area contributed by atoms with Crippen molar-refractivity contribution >= 4 is 33.3 Å². The third-order valence-electron chi connectivity index (χ3n) is 4.67. The summed E-state index contributed by atoms with van der Waals surface area (Å²) in [6.45, 7) is 0.322. The van der Waals surface area contributed by atoms with Crippen LogP contribution >= 0.6 is 11.3 Å². The predicted octanol–water partition coefficient (Wildman–Crippen LogP) is 1.63. The molecule has 7 nitrogen and oxygen atoms in total. The average molecular weight is 391 g/mol. The van der Waals surface area contributed by atoms with Crippen molar-refractivity contribution in [2.45, 2.75) is 29.3 Å². The zero-order chi connectivity index (χ0) is 18.3. The molecule has 0 radical (unpaired) electrons. The van der Waals surface area contributed by atoms with Crippen molar-refractivity contribution in [2.24, 2.45) is 0 Å².